The number of nitrogens with one attached hydrogen (secondary N) is 3. The van der Waals surface area contributed by atoms with Gasteiger partial charge in [-0.2, -0.15) is 0 Å². The standard InChI is InChI=1S/C17H17N5O4S/c1-21-13(24)10-3-2-9(8-11(10)18-16(21)27)12(23)22-6-4-17(5-7-22)14(25)19-15(26)20-17/h2-3,8H,4-7H2,1H3,(H,18,27)(H2,19,20,25,26). The lowest BCUT2D eigenvalue weighted by Gasteiger charge is -2.37. The zero-order valence-corrected chi connectivity index (χ0v) is 15.3. The van der Waals surface area contributed by atoms with E-state index in [0.29, 0.717) is 42.4 Å². The third-order valence-electron chi connectivity index (χ3n) is 5.27. The summed E-state index contributed by atoms with van der Waals surface area (Å²) in [5.41, 5.74) is -0.216. The van der Waals surface area contributed by atoms with Crippen LogP contribution in [0.1, 0.15) is 23.2 Å². The summed E-state index contributed by atoms with van der Waals surface area (Å²) in [5.74, 6) is -0.537. The molecule has 10 heteroatoms. The summed E-state index contributed by atoms with van der Waals surface area (Å²) < 4.78 is 1.62. The SMILES string of the molecule is Cn1c(=S)[nH]c2cc(C(=O)N3CCC4(CC3)NC(=O)NC4=O)ccc2c1=O. The van der Waals surface area contributed by atoms with Gasteiger partial charge < -0.3 is 15.2 Å². The van der Waals surface area contributed by atoms with Gasteiger partial charge in [0.25, 0.3) is 17.4 Å². The number of H-pyrrole nitrogens is 1. The summed E-state index contributed by atoms with van der Waals surface area (Å²) in [6, 6.07) is 4.33. The van der Waals surface area contributed by atoms with Gasteiger partial charge in [-0.05, 0) is 43.3 Å². The van der Waals surface area contributed by atoms with Crippen LogP contribution in [0.5, 0.6) is 0 Å². The Morgan fingerprint density at radius 1 is 1.19 bits per heavy atom. The number of hydrogen-bond acceptors (Lipinski definition) is 5. The minimum atomic E-state index is -0.922. The van der Waals surface area contributed by atoms with E-state index in [1.807, 2.05) is 0 Å². The third kappa shape index (κ3) is 2.72. The highest BCUT2D eigenvalue weighted by molar-refractivity contribution is 7.71. The highest BCUT2D eigenvalue weighted by atomic mass is 32.1. The van der Waals surface area contributed by atoms with Gasteiger partial charge >= 0.3 is 6.03 Å². The van der Waals surface area contributed by atoms with Crippen molar-refractivity contribution in [1.29, 1.82) is 0 Å². The molecule has 4 rings (SSSR count). The molecular weight excluding hydrogens is 370 g/mol. The number of fused-ring (bicyclic) bond motifs is 1. The van der Waals surface area contributed by atoms with Gasteiger partial charge in [0, 0.05) is 25.7 Å². The highest BCUT2D eigenvalue weighted by Crippen LogP contribution is 2.26. The number of aromatic nitrogens is 2. The maximum Gasteiger partial charge on any atom is 0.322 e. The number of urea groups is 1. The molecule has 2 aromatic rings. The number of amides is 4. The average Bonchev–Trinajstić information content (AvgIpc) is 2.92. The molecule has 9 nitrogen and oxygen atoms in total. The van der Waals surface area contributed by atoms with Crippen LogP contribution in [0, 0.1) is 4.77 Å². The van der Waals surface area contributed by atoms with Gasteiger partial charge in [0.2, 0.25) is 0 Å². The van der Waals surface area contributed by atoms with Gasteiger partial charge in [-0.1, -0.05) is 0 Å². The number of carbonyl (C=O) groups excluding carboxylic acids is 3. The fourth-order valence-electron chi connectivity index (χ4n) is 3.59. The monoisotopic (exact) mass is 387 g/mol. The second-order valence-corrected chi connectivity index (χ2v) is 7.22. The summed E-state index contributed by atoms with van der Waals surface area (Å²) in [6.07, 6.45) is 0.708. The molecular formula is C17H17N5O4S. The maximum absolute atomic E-state index is 12.8. The molecule has 0 aliphatic carbocycles. The first-order valence-electron chi connectivity index (χ1n) is 8.47. The van der Waals surface area contributed by atoms with E-state index in [9.17, 15) is 19.2 Å². The van der Waals surface area contributed by atoms with Crippen molar-refractivity contribution in [3.63, 3.8) is 0 Å². The fourth-order valence-corrected chi connectivity index (χ4v) is 3.79. The van der Waals surface area contributed by atoms with Gasteiger partial charge in [-0.25, -0.2) is 4.79 Å². The fraction of sp³-hybridized carbons (Fsp3) is 0.353. The van der Waals surface area contributed by atoms with E-state index in [0.717, 1.165) is 0 Å². The Morgan fingerprint density at radius 3 is 2.52 bits per heavy atom. The molecule has 1 spiro atoms. The number of rotatable bonds is 1. The van der Waals surface area contributed by atoms with E-state index in [2.05, 4.69) is 15.6 Å². The molecule has 0 unspecified atom stereocenters. The topological polar surface area (TPSA) is 116 Å². The zero-order chi connectivity index (χ0) is 19.3. The second kappa shape index (κ2) is 6.02. The van der Waals surface area contributed by atoms with Crippen LogP contribution < -0.4 is 16.2 Å². The van der Waals surface area contributed by atoms with Crippen molar-refractivity contribution in [2.24, 2.45) is 7.05 Å². The zero-order valence-electron chi connectivity index (χ0n) is 14.5. The number of nitrogens with zero attached hydrogens (tertiary/aromatic N) is 2. The van der Waals surface area contributed by atoms with Gasteiger partial charge in [-0.3, -0.25) is 24.3 Å². The van der Waals surface area contributed by atoms with E-state index in [1.165, 1.54) is 4.57 Å². The summed E-state index contributed by atoms with van der Waals surface area (Å²) >= 11 is 5.12. The Balaban J connectivity index is 1.58. The second-order valence-electron chi connectivity index (χ2n) is 6.84. The molecule has 27 heavy (non-hydrogen) atoms. The summed E-state index contributed by atoms with van der Waals surface area (Å²) in [5, 5.41) is 5.37. The maximum atomic E-state index is 12.8. The molecule has 1 aromatic carbocycles. The van der Waals surface area contributed by atoms with Crippen LogP contribution in [-0.4, -0.2) is 50.9 Å². The number of hydrogen-bond donors (Lipinski definition) is 3. The molecule has 2 aliphatic rings. The number of aromatic amines is 1. The van der Waals surface area contributed by atoms with Crippen molar-refractivity contribution in [2.75, 3.05) is 13.1 Å². The molecule has 2 aliphatic heterocycles. The quantitative estimate of drug-likeness (QED) is 0.484. The van der Waals surface area contributed by atoms with Crippen LogP contribution in [-0.2, 0) is 11.8 Å². The first kappa shape index (κ1) is 17.4. The first-order valence-corrected chi connectivity index (χ1v) is 8.87. The predicted octanol–water partition coefficient (Wildman–Crippen LogP) is 0.410. The number of likely N-dealkylation sites (tertiary alicyclic amines) is 1. The van der Waals surface area contributed by atoms with E-state index in [1.54, 1.807) is 30.1 Å². The molecule has 2 saturated heterocycles. The smallest absolute Gasteiger partial charge is 0.322 e. The molecule has 0 atom stereocenters. The molecule has 0 bridgehead atoms. The van der Waals surface area contributed by atoms with Gasteiger partial charge in [-0.15, -0.1) is 0 Å². The third-order valence-corrected chi connectivity index (χ3v) is 5.64. The lowest BCUT2D eigenvalue weighted by Crippen LogP contribution is -2.55. The van der Waals surface area contributed by atoms with Crippen LogP contribution in [0.3, 0.4) is 0 Å². The minimum Gasteiger partial charge on any atom is -0.338 e. The normalized spacial score (nSPS) is 18.6. The Kier molecular flexibility index (Phi) is 3.88. The van der Waals surface area contributed by atoms with Gasteiger partial charge in [0.15, 0.2) is 4.77 Å². The van der Waals surface area contributed by atoms with Crippen LogP contribution >= 0.6 is 12.2 Å². The van der Waals surface area contributed by atoms with Crippen molar-refractivity contribution in [2.45, 2.75) is 18.4 Å². The Bertz CT molecular complexity index is 1110. The van der Waals surface area contributed by atoms with E-state index in [-0.39, 0.29) is 22.1 Å². The first-order chi connectivity index (χ1) is 12.8. The lowest BCUT2D eigenvalue weighted by molar-refractivity contribution is -0.125. The van der Waals surface area contributed by atoms with Crippen molar-refractivity contribution in [3.8, 4) is 0 Å². The molecule has 0 saturated carbocycles. The molecule has 140 valence electrons. The number of carbonyl (C=O) groups is 3. The largest absolute Gasteiger partial charge is 0.338 e. The summed E-state index contributed by atoms with van der Waals surface area (Å²) in [4.78, 5) is 53.1. The summed E-state index contributed by atoms with van der Waals surface area (Å²) in [7, 11) is 1.58. The van der Waals surface area contributed by atoms with E-state index in [4.69, 9.17) is 12.2 Å². The van der Waals surface area contributed by atoms with Gasteiger partial charge in [0.1, 0.15) is 5.54 Å². The van der Waals surface area contributed by atoms with Crippen molar-refractivity contribution >= 4 is 41.0 Å². The highest BCUT2D eigenvalue weighted by Gasteiger charge is 2.48. The van der Waals surface area contributed by atoms with Crippen molar-refractivity contribution < 1.29 is 14.4 Å². The van der Waals surface area contributed by atoms with Gasteiger partial charge in [0.05, 0.1) is 10.9 Å². The lowest BCUT2D eigenvalue weighted by atomic mass is 9.87. The molecule has 4 amide bonds. The Labute approximate surface area is 158 Å². The predicted molar refractivity (Wildman–Crippen MR) is 98.9 cm³/mol. The minimum absolute atomic E-state index is 0.198. The number of benzene rings is 1. The number of imide groups is 1. The van der Waals surface area contributed by atoms with Crippen molar-refractivity contribution in [3.05, 3.63) is 38.9 Å². The average molecular weight is 387 g/mol. The molecule has 3 heterocycles. The Morgan fingerprint density at radius 2 is 1.89 bits per heavy atom. The van der Waals surface area contributed by atoms with Crippen LogP contribution in [0.25, 0.3) is 10.9 Å². The molecule has 3 N–H and O–H groups in total. The molecule has 0 radical (unpaired) electrons. The Hall–Kier alpha value is -3.01. The van der Waals surface area contributed by atoms with Crippen molar-refractivity contribution in [1.82, 2.24) is 25.1 Å². The van der Waals surface area contributed by atoms with Crippen LogP contribution in [0.2, 0.25) is 0 Å². The van der Waals surface area contributed by atoms with Crippen LogP contribution in [0.15, 0.2) is 23.0 Å². The molecule has 2 fully saturated rings. The summed E-state index contributed by atoms with van der Waals surface area (Å²) in [6.45, 7) is 0.689. The molecule has 1 aromatic heterocycles. The number of piperidine rings is 1. The van der Waals surface area contributed by atoms with E-state index < -0.39 is 11.6 Å². The van der Waals surface area contributed by atoms with E-state index >= 15 is 0 Å². The van der Waals surface area contributed by atoms with Crippen LogP contribution in [0.4, 0.5) is 4.79 Å².